The number of ether oxygens (including phenoxy) is 2. The number of halogens is 1. The second-order valence-electron chi connectivity index (χ2n) is 7.84. The van der Waals surface area contributed by atoms with Gasteiger partial charge < -0.3 is 14.8 Å². The van der Waals surface area contributed by atoms with Gasteiger partial charge in [-0.25, -0.2) is 0 Å². The van der Waals surface area contributed by atoms with Crippen LogP contribution in [-0.4, -0.2) is 19.1 Å². The van der Waals surface area contributed by atoms with E-state index < -0.39 is 0 Å². The first kappa shape index (κ1) is 22.0. The highest BCUT2D eigenvalue weighted by Gasteiger charge is 2.15. The Morgan fingerprint density at radius 3 is 2.39 bits per heavy atom. The van der Waals surface area contributed by atoms with Crippen molar-refractivity contribution in [3.63, 3.8) is 0 Å². The molecule has 2 aromatic carbocycles. The SMILES string of the molecule is COc1cc(/C=C/C(=O)Nc2ccc(C(C)(C)C)cc2Br)ccc1OC(C)C. The van der Waals surface area contributed by atoms with Crippen LogP contribution in [0.5, 0.6) is 11.5 Å². The lowest BCUT2D eigenvalue weighted by atomic mass is 9.87. The first-order valence-corrected chi connectivity index (χ1v) is 10.0. The smallest absolute Gasteiger partial charge is 0.248 e. The molecule has 0 aliphatic carbocycles. The van der Waals surface area contributed by atoms with Gasteiger partial charge in [-0.15, -0.1) is 0 Å². The Labute approximate surface area is 176 Å². The van der Waals surface area contributed by atoms with Crippen LogP contribution in [0, 0.1) is 0 Å². The molecule has 0 aliphatic heterocycles. The molecule has 0 spiro atoms. The normalized spacial score (nSPS) is 11.7. The molecule has 0 radical (unpaired) electrons. The quantitative estimate of drug-likeness (QED) is 0.538. The maximum atomic E-state index is 12.3. The van der Waals surface area contributed by atoms with Gasteiger partial charge in [-0.05, 0) is 76.7 Å². The molecule has 0 bridgehead atoms. The van der Waals surface area contributed by atoms with Crippen LogP contribution < -0.4 is 14.8 Å². The Morgan fingerprint density at radius 2 is 1.82 bits per heavy atom. The van der Waals surface area contributed by atoms with Crippen LogP contribution >= 0.6 is 15.9 Å². The molecule has 1 N–H and O–H groups in total. The van der Waals surface area contributed by atoms with Gasteiger partial charge in [0.05, 0.1) is 18.9 Å². The molecule has 0 heterocycles. The standard InChI is InChI=1S/C23H28BrNO3/c1-15(2)28-20-11-7-16(13-21(20)27-6)8-12-22(26)25-19-10-9-17(14-18(19)24)23(3,4)5/h7-15H,1-6H3,(H,25,26)/b12-8+. The third-order valence-electron chi connectivity index (χ3n) is 4.07. The average Bonchev–Trinajstić information content (AvgIpc) is 2.61. The summed E-state index contributed by atoms with van der Waals surface area (Å²) in [7, 11) is 1.60. The van der Waals surface area contributed by atoms with Crippen molar-refractivity contribution in [2.45, 2.75) is 46.1 Å². The number of anilines is 1. The van der Waals surface area contributed by atoms with Crippen LogP contribution in [0.25, 0.3) is 6.08 Å². The van der Waals surface area contributed by atoms with Crippen molar-refractivity contribution in [2.24, 2.45) is 0 Å². The average molecular weight is 446 g/mol. The van der Waals surface area contributed by atoms with Gasteiger partial charge in [0.25, 0.3) is 0 Å². The van der Waals surface area contributed by atoms with E-state index in [0.717, 1.165) is 15.7 Å². The molecule has 0 fully saturated rings. The Morgan fingerprint density at radius 1 is 1.11 bits per heavy atom. The van der Waals surface area contributed by atoms with Gasteiger partial charge >= 0.3 is 0 Å². The maximum absolute atomic E-state index is 12.3. The third kappa shape index (κ3) is 6.13. The summed E-state index contributed by atoms with van der Waals surface area (Å²) in [6.07, 6.45) is 3.31. The monoisotopic (exact) mass is 445 g/mol. The highest BCUT2D eigenvalue weighted by atomic mass is 79.9. The molecular formula is C23H28BrNO3. The van der Waals surface area contributed by atoms with Gasteiger partial charge in [-0.3, -0.25) is 4.79 Å². The lowest BCUT2D eigenvalue weighted by molar-refractivity contribution is -0.111. The zero-order chi connectivity index (χ0) is 20.9. The second kappa shape index (κ2) is 9.28. The number of benzene rings is 2. The first-order valence-electron chi connectivity index (χ1n) is 9.24. The van der Waals surface area contributed by atoms with E-state index in [1.165, 1.54) is 11.6 Å². The van der Waals surface area contributed by atoms with Crippen molar-refractivity contribution in [3.05, 3.63) is 58.1 Å². The number of rotatable bonds is 6. The molecule has 2 rings (SSSR count). The number of carbonyl (C=O) groups excluding carboxylic acids is 1. The summed E-state index contributed by atoms with van der Waals surface area (Å²) in [5.41, 5.74) is 2.84. The number of amides is 1. The Hall–Kier alpha value is -2.27. The highest BCUT2D eigenvalue weighted by Crippen LogP contribution is 2.31. The van der Waals surface area contributed by atoms with Crippen molar-refractivity contribution < 1.29 is 14.3 Å². The zero-order valence-electron chi connectivity index (χ0n) is 17.3. The van der Waals surface area contributed by atoms with Crippen LogP contribution in [0.2, 0.25) is 0 Å². The molecule has 0 unspecified atom stereocenters. The lowest BCUT2D eigenvalue weighted by Crippen LogP contribution is -2.12. The first-order chi connectivity index (χ1) is 13.1. The van der Waals surface area contributed by atoms with E-state index >= 15 is 0 Å². The van der Waals surface area contributed by atoms with Crippen LogP contribution in [0.3, 0.4) is 0 Å². The summed E-state index contributed by atoms with van der Waals surface area (Å²) in [4.78, 5) is 12.3. The van der Waals surface area contributed by atoms with Crippen LogP contribution in [-0.2, 0) is 10.2 Å². The minimum absolute atomic E-state index is 0.0511. The number of nitrogens with one attached hydrogen (secondary N) is 1. The number of hydrogen-bond donors (Lipinski definition) is 1. The fourth-order valence-electron chi connectivity index (χ4n) is 2.57. The van der Waals surface area contributed by atoms with Crippen molar-refractivity contribution in [3.8, 4) is 11.5 Å². The van der Waals surface area contributed by atoms with Crippen LogP contribution in [0.15, 0.2) is 46.9 Å². The Balaban J connectivity index is 2.10. The molecule has 0 aliphatic rings. The minimum Gasteiger partial charge on any atom is -0.493 e. The molecule has 5 heteroatoms. The van der Waals surface area contributed by atoms with E-state index in [4.69, 9.17) is 9.47 Å². The Kier molecular flexibility index (Phi) is 7.30. The van der Waals surface area contributed by atoms with E-state index in [1.54, 1.807) is 13.2 Å². The molecule has 28 heavy (non-hydrogen) atoms. The predicted octanol–water partition coefficient (Wildman–Crippen LogP) is 6.19. The molecule has 0 saturated carbocycles. The summed E-state index contributed by atoms with van der Waals surface area (Å²) in [6.45, 7) is 10.4. The van der Waals surface area contributed by atoms with Gasteiger partial charge in [-0.2, -0.15) is 0 Å². The highest BCUT2D eigenvalue weighted by molar-refractivity contribution is 9.10. The third-order valence-corrected chi connectivity index (χ3v) is 4.73. The summed E-state index contributed by atoms with van der Waals surface area (Å²) in [5, 5.41) is 2.90. The number of carbonyl (C=O) groups is 1. The largest absolute Gasteiger partial charge is 0.493 e. The van der Waals surface area contributed by atoms with Crippen molar-refractivity contribution in [1.29, 1.82) is 0 Å². The van der Waals surface area contributed by atoms with E-state index in [0.29, 0.717) is 11.5 Å². The van der Waals surface area contributed by atoms with Gasteiger partial charge in [0.1, 0.15) is 0 Å². The molecule has 4 nitrogen and oxygen atoms in total. The molecular weight excluding hydrogens is 418 g/mol. The van der Waals surface area contributed by atoms with Crippen molar-refractivity contribution in [1.82, 2.24) is 0 Å². The van der Waals surface area contributed by atoms with E-state index in [9.17, 15) is 4.79 Å². The molecule has 0 atom stereocenters. The molecule has 1 amide bonds. The summed E-state index contributed by atoms with van der Waals surface area (Å²) in [6, 6.07) is 11.6. The van der Waals surface area contributed by atoms with E-state index in [-0.39, 0.29) is 17.4 Å². The Bertz CT molecular complexity index is 867. The number of methoxy groups -OCH3 is 1. The van der Waals surface area contributed by atoms with Gasteiger partial charge in [0, 0.05) is 10.5 Å². The minimum atomic E-state index is -0.203. The van der Waals surface area contributed by atoms with Crippen molar-refractivity contribution >= 4 is 33.6 Å². The predicted molar refractivity (Wildman–Crippen MR) is 119 cm³/mol. The van der Waals surface area contributed by atoms with Gasteiger partial charge in [0.15, 0.2) is 11.5 Å². The topological polar surface area (TPSA) is 47.6 Å². The molecule has 0 aromatic heterocycles. The summed E-state index contributed by atoms with van der Waals surface area (Å²) >= 11 is 3.54. The van der Waals surface area contributed by atoms with E-state index in [2.05, 4.69) is 42.0 Å². The van der Waals surface area contributed by atoms with E-state index in [1.807, 2.05) is 50.2 Å². The van der Waals surface area contributed by atoms with Gasteiger partial charge in [0.2, 0.25) is 5.91 Å². The zero-order valence-corrected chi connectivity index (χ0v) is 18.9. The molecule has 2 aromatic rings. The summed E-state index contributed by atoms with van der Waals surface area (Å²) < 4.78 is 11.9. The fraction of sp³-hybridized carbons (Fsp3) is 0.348. The van der Waals surface area contributed by atoms with Crippen LogP contribution in [0.1, 0.15) is 45.7 Å². The van der Waals surface area contributed by atoms with Gasteiger partial charge in [-0.1, -0.05) is 32.9 Å². The van der Waals surface area contributed by atoms with Crippen LogP contribution in [0.4, 0.5) is 5.69 Å². The second-order valence-corrected chi connectivity index (χ2v) is 8.70. The lowest BCUT2D eigenvalue weighted by Gasteiger charge is -2.20. The molecule has 150 valence electrons. The molecule has 0 saturated heterocycles. The summed E-state index contributed by atoms with van der Waals surface area (Å²) in [5.74, 6) is 1.12. The maximum Gasteiger partial charge on any atom is 0.248 e. The number of hydrogen-bond acceptors (Lipinski definition) is 3. The van der Waals surface area contributed by atoms with Crippen molar-refractivity contribution in [2.75, 3.05) is 12.4 Å². The fourth-order valence-corrected chi connectivity index (χ4v) is 3.05.